The van der Waals surface area contributed by atoms with Gasteiger partial charge in [-0.05, 0) is 65.3 Å². The number of pyridine rings is 1. The number of hydrogen-bond donors (Lipinski definition) is 2. The summed E-state index contributed by atoms with van der Waals surface area (Å²) >= 11 is 0. The van der Waals surface area contributed by atoms with Crippen LogP contribution in [0.4, 0.5) is 5.69 Å². The molecule has 0 fully saturated rings. The minimum absolute atomic E-state index is 0.0144. The normalized spacial score (nSPS) is 12.3. The molecular formula is C31H40N4O4S. The van der Waals surface area contributed by atoms with Crippen molar-refractivity contribution in [3.63, 3.8) is 0 Å². The van der Waals surface area contributed by atoms with Crippen LogP contribution in [0.15, 0.2) is 59.6 Å². The number of carbonyl (C=O) groups excluding carboxylic acids is 2. The lowest BCUT2D eigenvalue weighted by molar-refractivity contribution is 0.0938. The third-order valence-corrected chi connectivity index (χ3v) is 8.19. The quantitative estimate of drug-likeness (QED) is 0.387. The number of aromatic nitrogens is 1. The van der Waals surface area contributed by atoms with Crippen molar-refractivity contribution in [2.75, 3.05) is 26.0 Å². The van der Waals surface area contributed by atoms with E-state index in [0.717, 1.165) is 26.7 Å². The first-order valence-electron chi connectivity index (χ1n) is 13.1. The summed E-state index contributed by atoms with van der Waals surface area (Å²) in [7, 11) is -0.822. The summed E-state index contributed by atoms with van der Waals surface area (Å²) in [6, 6.07) is 13.8. The van der Waals surface area contributed by atoms with Gasteiger partial charge in [-0.1, -0.05) is 53.7 Å². The average molecular weight is 565 g/mol. The first-order valence-corrected chi connectivity index (χ1v) is 14.6. The second-order valence-electron chi connectivity index (χ2n) is 12.4. The lowest BCUT2D eigenvalue weighted by Gasteiger charge is -2.22. The first-order chi connectivity index (χ1) is 18.4. The molecule has 0 unspecified atom stereocenters. The minimum Gasteiger partial charge on any atom is -0.352 e. The van der Waals surface area contributed by atoms with Gasteiger partial charge in [0.25, 0.3) is 11.8 Å². The predicted molar refractivity (Wildman–Crippen MR) is 160 cm³/mol. The molecule has 1 heterocycles. The van der Waals surface area contributed by atoms with E-state index in [1.165, 1.54) is 20.2 Å². The minimum atomic E-state index is -3.75. The van der Waals surface area contributed by atoms with Crippen LogP contribution in [0.2, 0.25) is 0 Å². The molecule has 0 atom stereocenters. The van der Waals surface area contributed by atoms with E-state index in [9.17, 15) is 18.0 Å². The maximum absolute atomic E-state index is 13.3. The number of rotatable bonds is 7. The summed E-state index contributed by atoms with van der Waals surface area (Å²) in [5.74, 6) is -0.575. The van der Waals surface area contributed by atoms with Crippen LogP contribution in [0.5, 0.6) is 0 Å². The summed E-state index contributed by atoms with van der Waals surface area (Å²) in [6.45, 7) is 14.5. The zero-order valence-corrected chi connectivity index (χ0v) is 25.7. The summed E-state index contributed by atoms with van der Waals surface area (Å²) in [5.41, 5.74) is 4.02. The standard InChI is InChI=1S/C31H40N4O4S/c1-20-27(21-10-12-22(13-11-21)28(36)33-19-30(2,3)4)17-25(18-32-20)34-29(37)23-14-24(31(5,6)7)16-26(15-23)40(38,39)35(8)9/h10-18H,19H2,1-9H3,(H,33,36)(H,34,37). The number of sulfonamides is 1. The van der Waals surface area contributed by atoms with Crippen LogP contribution < -0.4 is 10.6 Å². The Morgan fingerprint density at radius 2 is 1.50 bits per heavy atom. The van der Waals surface area contributed by atoms with Crippen molar-refractivity contribution in [3.8, 4) is 11.1 Å². The van der Waals surface area contributed by atoms with Crippen molar-refractivity contribution in [1.82, 2.24) is 14.6 Å². The van der Waals surface area contributed by atoms with Gasteiger partial charge in [0.15, 0.2) is 0 Å². The molecule has 0 aliphatic rings. The highest BCUT2D eigenvalue weighted by molar-refractivity contribution is 7.89. The lowest BCUT2D eigenvalue weighted by atomic mass is 9.86. The van der Waals surface area contributed by atoms with Crippen LogP contribution in [0, 0.1) is 12.3 Å². The molecule has 8 nitrogen and oxygen atoms in total. The number of carbonyl (C=O) groups is 2. The molecule has 0 aliphatic carbocycles. The van der Waals surface area contributed by atoms with Gasteiger partial charge in [-0.2, -0.15) is 0 Å². The van der Waals surface area contributed by atoms with E-state index in [4.69, 9.17) is 0 Å². The molecule has 0 aliphatic heterocycles. The molecule has 214 valence electrons. The fraction of sp³-hybridized carbons (Fsp3) is 0.387. The van der Waals surface area contributed by atoms with Gasteiger partial charge >= 0.3 is 0 Å². The second-order valence-corrected chi connectivity index (χ2v) is 14.6. The van der Waals surface area contributed by atoms with Crippen LogP contribution in [0.1, 0.15) is 73.5 Å². The van der Waals surface area contributed by atoms with Crippen LogP contribution in [0.3, 0.4) is 0 Å². The molecule has 3 rings (SSSR count). The summed E-state index contributed by atoms with van der Waals surface area (Å²) in [4.78, 5) is 30.4. The molecule has 1 aromatic heterocycles. The van der Waals surface area contributed by atoms with Gasteiger partial charge in [-0.25, -0.2) is 12.7 Å². The zero-order chi connectivity index (χ0) is 30.0. The summed E-state index contributed by atoms with van der Waals surface area (Å²) < 4.78 is 26.9. The zero-order valence-electron chi connectivity index (χ0n) is 24.8. The molecule has 0 saturated heterocycles. The number of aryl methyl sites for hydroxylation is 1. The molecule has 9 heteroatoms. The number of nitrogens with zero attached hydrogens (tertiary/aromatic N) is 2. The summed E-state index contributed by atoms with van der Waals surface area (Å²) in [6.07, 6.45) is 1.57. The topological polar surface area (TPSA) is 108 Å². The Labute approximate surface area is 238 Å². The Hall–Kier alpha value is -3.56. The number of anilines is 1. The molecule has 0 saturated carbocycles. The monoisotopic (exact) mass is 564 g/mol. The molecule has 2 N–H and O–H groups in total. The van der Waals surface area contributed by atoms with Gasteiger partial charge in [0.1, 0.15) is 0 Å². The number of benzene rings is 2. The Kier molecular flexibility index (Phi) is 8.91. The molecule has 0 radical (unpaired) electrons. The highest BCUT2D eigenvalue weighted by atomic mass is 32.2. The van der Waals surface area contributed by atoms with Crippen molar-refractivity contribution in [1.29, 1.82) is 0 Å². The number of nitrogens with one attached hydrogen (secondary N) is 2. The van der Waals surface area contributed by atoms with Gasteiger partial charge < -0.3 is 10.6 Å². The lowest BCUT2D eigenvalue weighted by Crippen LogP contribution is -2.32. The second kappa shape index (κ2) is 11.5. The van der Waals surface area contributed by atoms with Crippen molar-refractivity contribution >= 4 is 27.5 Å². The van der Waals surface area contributed by atoms with Crippen molar-refractivity contribution < 1.29 is 18.0 Å². The van der Waals surface area contributed by atoms with Gasteiger partial charge in [-0.3, -0.25) is 14.6 Å². The van der Waals surface area contributed by atoms with E-state index < -0.39 is 15.9 Å². The van der Waals surface area contributed by atoms with Gasteiger partial charge in [0.2, 0.25) is 10.0 Å². The predicted octanol–water partition coefficient (Wildman–Crippen LogP) is 5.63. The van der Waals surface area contributed by atoms with E-state index in [1.807, 2.05) is 45.9 Å². The third-order valence-electron chi connectivity index (χ3n) is 6.40. The van der Waals surface area contributed by atoms with E-state index in [0.29, 0.717) is 17.8 Å². The fourth-order valence-electron chi connectivity index (χ4n) is 3.87. The first kappa shape index (κ1) is 31.0. The Morgan fingerprint density at radius 3 is 2.05 bits per heavy atom. The van der Waals surface area contributed by atoms with Gasteiger partial charge in [0.05, 0.1) is 16.8 Å². The van der Waals surface area contributed by atoms with E-state index in [1.54, 1.807) is 30.5 Å². The van der Waals surface area contributed by atoms with E-state index in [-0.39, 0.29) is 27.2 Å². The van der Waals surface area contributed by atoms with Crippen LogP contribution >= 0.6 is 0 Å². The average Bonchev–Trinajstić information content (AvgIpc) is 2.87. The highest BCUT2D eigenvalue weighted by Gasteiger charge is 2.24. The van der Waals surface area contributed by atoms with Gasteiger partial charge in [-0.15, -0.1) is 0 Å². The molecule has 2 amide bonds. The summed E-state index contributed by atoms with van der Waals surface area (Å²) in [5, 5.41) is 5.82. The Morgan fingerprint density at radius 1 is 0.875 bits per heavy atom. The fourth-order valence-corrected chi connectivity index (χ4v) is 4.84. The SMILES string of the molecule is Cc1ncc(NC(=O)c2cc(C(C)(C)C)cc(S(=O)(=O)N(C)C)c2)cc1-c1ccc(C(=O)NCC(C)(C)C)cc1. The van der Waals surface area contributed by atoms with Crippen LogP contribution in [0.25, 0.3) is 11.1 Å². The maximum atomic E-state index is 13.3. The Balaban J connectivity index is 1.90. The number of hydrogen-bond acceptors (Lipinski definition) is 5. The highest BCUT2D eigenvalue weighted by Crippen LogP contribution is 2.29. The smallest absolute Gasteiger partial charge is 0.255 e. The molecule has 3 aromatic rings. The van der Waals surface area contributed by atoms with E-state index >= 15 is 0 Å². The van der Waals surface area contributed by atoms with Crippen molar-refractivity contribution in [2.45, 2.75) is 58.8 Å². The van der Waals surface area contributed by atoms with Crippen LogP contribution in [-0.4, -0.2) is 50.2 Å². The van der Waals surface area contributed by atoms with Crippen LogP contribution in [-0.2, 0) is 15.4 Å². The molecular weight excluding hydrogens is 524 g/mol. The molecule has 0 bridgehead atoms. The molecule has 40 heavy (non-hydrogen) atoms. The third kappa shape index (κ3) is 7.55. The number of amides is 2. The van der Waals surface area contributed by atoms with Gasteiger partial charge in [0, 0.05) is 43.0 Å². The van der Waals surface area contributed by atoms with Crippen molar-refractivity contribution in [3.05, 3.63) is 77.1 Å². The maximum Gasteiger partial charge on any atom is 0.255 e. The van der Waals surface area contributed by atoms with Crippen molar-refractivity contribution in [2.24, 2.45) is 5.41 Å². The molecule has 2 aromatic carbocycles. The molecule has 0 spiro atoms. The Bertz CT molecular complexity index is 1510. The largest absolute Gasteiger partial charge is 0.352 e. The van der Waals surface area contributed by atoms with E-state index in [2.05, 4.69) is 36.4 Å².